The molecule has 0 radical (unpaired) electrons. The Morgan fingerprint density at radius 1 is 0.973 bits per heavy atom. The van der Waals surface area contributed by atoms with Crippen LogP contribution in [-0.2, 0) is 20.0 Å². The quantitative estimate of drug-likeness (QED) is 0.293. The summed E-state index contributed by atoms with van der Waals surface area (Å²) in [4.78, 5) is 2.25. The van der Waals surface area contributed by atoms with Gasteiger partial charge in [-0.3, -0.25) is 0 Å². The molecule has 8 heteroatoms. The summed E-state index contributed by atoms with van der Waals surface area (Å²) in [6.07, 6.45) is 3.88. The monoisotopic (exact) mass is 554 g/mol. The van der Waals surface area contributed by atoms with Crippen molar-refractivity contribution in [2.24, 2.45) is 4.15 Å². The molecule has 0 N–H and O–H groups in total. The minimum absolute atomic E-state index is 0.0493. The van der Waals surface area contributed by atoms with E-state index in [1.807, 2.05) is 55.3 Å². The Morgan fingerprint density at radius 2 is 1.59 bits per heavy atom. The summed E-state index contributed by atoms with van der Waals surface area (Å²) < 4.78 is 39.3. The summed E-state index contributed by atoms with van der Waals surface area (Å²) in [5.41, 5.74) is 2.92. The second-order valence-corrected chi connectivity index (χ2v) is 14.9. The predicted octanol–water partition coefficient (Wildman–Crippen LogP) is 7.70. The molecular formula is C29H32ClN2O3PS. The fourth-order valence-corrected chi connectivity index (χ4v) is 10.7. The summed E-state index contributed by atoms with van der Waals surface area (Å²) in [6, 6.07) is 24.1. The Morgan fingerprint density at radius 3 is 2.24 bits per heavy atom. The summed E-state index contributed by atoms with van der Waals surface area (Å²) >= 11 is 6.05. The van der Waals surface area contributed by atoms with E-state index in [1.165, 1.54) is 17.7 Å². The van der Waals surface area contributed by atoms with Crippen LogP contribution in [0.1, 0.15) is 45.1 Å². The van der Waals surface area contributed by atoms with Crippen molar-refractivity contribution < 1.29 is 12.9 Å². The van der Waals surface area contributed by atoms with Gasteiger partial charge in [0.2, 0.25) is 0 Å². The number of allylic oxidation sites excluding steroid dienone is 1. The fourth-order valence-electron chi connectivity index (χ4n) is 5.33. The normalized spacial score (nSPS) is 20.1. The van der Waals surface area contributed by atoms with Crippen molar-refractivity contribution in [3.63, 3.8) is 0 Å². The van der Waals surface area contributed by atoms with E-state index in [1.54, 1.807) is 12.1 Å². The molecule has 0 bridgehead atoms. The number of rotatable bonds is 6. The highest BCUT2D eigenvalue weighted by atomic mass is 35.5. The van der Waals surface area contributed by atoms with Crippen LogP contribution in [0.5, 0.6) is 0 Å². The molecule has 0 spiro atoms. The molecule has 0 aromatic heterocycles. The molecule has 1 atom stereocenters. The lowest BCUT2D eigenvalue weighted by atomic mass is 9.84. The molecule has 2 aliphatic rings. The number of fused-ring (bicyclic) bond motifs is 1. The van der Waals surface area contributed by atoms with E-state index in [0.717, 1.165) is 42.4 Å². The lowest BCUT2D eigenvalue weighted by molar-refractivity contribution is 0.236. The number of anilines is 1. The second-order valence-electron chi connectivity index (χ2n) is 10.2. The lowest BCUT2D eigenvalue weighted by Gasteiger charge is -2.30. The molecule has 194 valence electrons. The van der Waals surface area contributed by atoms with Gasteiger partial charge in [0.1, 0.15) is 0 Å². The molecule has 1 saturated carbocycles. The first kappa shape index (κ1) is 26.2. The molecule has 0 saturated heterocycles. The maximum atomic E-state index is 13.8. The molecule has 1 unspecified atom stereocenters. The third-order valence-electron chi connectivity index (χ3n) is 7.32. The molecule has 1 aliphatic heterocycles. The van der Waals surface area contributed by atoms with E-state index in [9.17, 15) is 8.42 Å². The zero-order chi connectivity index (χ0) is 26.3. The van der Waals surface area contributed by atoms with E-state index in [-0.39, 0.29) is 16.4 Å². The van der Waals surface area contributed by atoms with E-state index in [4.69, 9.17) is 20.3 Å². The zero-order valence-electron chi connectivity index (χ0n) is 21.3. The maximum Gasteiger partial charge on any atom is 0.283 e. The predicted molar refractivity (Wildman–Crippen MR) is 153 cm³/mol. The standard InChI is InChI=1S/C29H32ClN2O3PS/c1-29(2)26-15-9-10-16-27(26)32(3)28(29)21-36(24-13-5-4-6-14-24,35-23-11-7-8-12-23)31-37(33,34)25-19-17-22(30)18-20-25/h4-6,9-10,13-21,23H,7-8,11-12H2,1-3H3. The summed E-state index contributed by atoms with van der Waals surface area (Å²) in [6.45, 7) is 4.34. The minimum atomic E-state index is -4.06. The van der Waals surface area contributed by atoms with Gasteiger partial charge in [0, 0.05) is 40.0 Å². The zero-order valence-corrected chi connectivity index (χ0v) is 23.8. The summed E-state index contributed by atoms with van der Waals surface area (Å²) in [5, 5.41) is 1.26. The van der Waals surface area contributed by atoms with Gasteiger partial charge in [-0.05, 0) is 48.7 Å². The van der Waals surface area contributed by atoms with Crippen LogP contribution in [0.3, 0.4) is 0 Å². The molecule has 5 nitrogen and oxygen atoms in total. The number of hydrogen-bond acceptors (Lipinski definition) is 4. The van der Waals surface area contributed by atoms with Gasteiger partial charge in [0.25, 0.3) is 10.0 Å². The number of halogens is 1. The van der Waals surface area contributed by atoms with Gasteiger partial charge in [-0.25, -0.2) is 0 Å². The number of benzene rings is 3. The Hall–Kier alpha value is -2.37. The molecule has 3 aromatic rings. The highest BCUT2D eigenvalue weighted by Crippen LogP contribution is 2.59. The number of nitrogens with zero attached hydrogens (tertiary/aromatic N) is 2. The summed E-state index contributed by atoms with van der Waals surface area (Å²) in [7, 11) is -5.22. The van der Waals surface area contributed by atoms with Crippen molar-refractivity contribution in [2.45, 2.75) is 55.9 Å². The average molecular weight is 555 g/mol. The van der Waals surface area contributed by atoms with E-state index < -0.39 is 17.3 Å². The van der Waals surface area contributed by atoms with Crippen molar-refractivity contribution in [3.05, 3.63) is 101 Å². The fraction of sp³-hybridized carbons (Fsp3) is 0.310. The molecule has 0 amide bonds. The molecule has 37 heavy (non-hydrogen) atoms. The number of sulfonamides is 1. The Balaban J connectivity index is 1.79. The smallest absolute Gasteiger partial charge is 0.283 e. The van der Waals surface area contributed by atoms with Crippen molar-refractivity contribution >= 4 is 39.9 Å². The first-order chi connectivity index (χ1) is 17.6. The van der Waals surface area contributed by atoms with Crippen LogP contribution < -0.4 is 10.2 Å². The van der Waals surface area contributed by atoms with Gasteiger partial charge in [-0.1, -0.05) is 86.8 Å². The second kappa shape index (κ2) is 10.1. The molecule has 5 rings (SSSR count). The van der Waals surface area contributed by atoms with Crippen LogP contribution in [0.4, 0.5) is 5.69 Å². The van der Waals surface area contributed by atoms with E-state index in [2.05, 4.69) is 30.9 Å². The van der Waals surface area contributed by atoms with Gasteiger partial charge in [-0.2, -0.15) is 8.42 Å². The first-order valence-electron chi connectivity index (χ1n) is 12.6. The molecule has 1 heterocycles. The lowest BCUT2D eigenvalue weighted by Crippen LogP contribution is -2.24. The van der Waals surface area contributed by atoms with Crippen molar-refractivity contribution in [2.75, 3.05) is 11.9 Å². The first-order valence-corrected chi connectivity index (χ1v) is 16.1. The molecule has 1 aliphatic carbocycles. The van der Waals surface area contributed by atoms with Crippen LogP contribution in [-0.4, -0.2) is 21.6 Å². The van der Waals surface area contributed by atoms with Gasteiger partial charge in [-0.15, -0.1) is 4.15 Å². The van der Waals surface area contributed by atoms with E-state index >= 15 is 0 Å². The van der Waals surface area contributed by atoms with E-state index in [0.29, 0.717) is 5.02 Å². The molecule has 3 aromatic carbocycles. The Kier molecular flexibility index (Phi) is 7.14. The number of hydrogen-bond donors (Lipinski definition) is 0. The van der Waals surface area contributed by atoms with Gasteiger partial charge in [0.05, 0.1) is 11.0 Å². The third-order valence-corrected chi connectivity index (χ3v) is 12.5. The maximum absolute atomic E-state index is 13.8. The largest absolute Gasteiger partial charge is 0.347 e. The van der Waals surface area contributed by atoms with Crippen molar-refractivity contribution in [1.29, 1.82) is 0 Å². The Labute approximate surface area is 225 Å². The van der Waals surface area contributed by atoms with Crippen LogP contribution in [0.15, 0.2) is 99.4 Å². The van der Waals surface area contributed by atoms with Crippen LogP contribution >= 0.6 is 18.9 Å². The topological polar surface area (TPSA) is 59.0 Å². The highest BCUT2D eigenvalue weighted by Gasteiger charge is 2.41. The van der Waals surface area contributed by atoms with Crippen molar-refractivity contribution in [1.82, 2.24) is 0 Å². The minimum Gasteiger partial charge on any atom is -0.347 e. The molecule has 1 fully saturated rings. The van der Waals surface area contributed by atoms with Gasteiger partial charge in [0.15, 0.2) is 7.28 Å². The van der Waals surface area contributed by atoms with Crippen LogP contribution in [0.2, 0.25) is 5.02 Å². The SMILES string of the molecule is CN1C(=CP(=NS(=O)(=O)c2ccc(Cl)cc2)(OC2CCCC2)c2ccccc2)C(C)(C)c2ccccc21. The summed E-state index contributed by atoms with van der Waals surface area (Å²) in [5.74, 6) is 2.04. The van der Waals surface area contributed by atoms with Crippen LogP contribution in [0, 0.1) is 0 Å². The molecular weight excluding hydrogens is 523 g/mol. The number of likely N-dealkylation sites (N-methyl/N-ethyl adjacent to an activating group) is 1. The average Bonchev–Trinajstić information content (AvgIpc) is 3.46. The highest BCUT2D eigenvalue weighted by molar-refractivity contribution is 7.95. The van der Waals surface area contributed by atoms with Crippen LogP contribution in [0.25, 0.3) is 0 Å². The number of para-hydroxylation sites is 1. The Bertz CT molecular complexity index is 1480. The third kappa shape index (κ3) is 5.05. The van der Waals surface area contributed by atoms with Crippen molar-refractivity contribution in [3.8, 4) is 0 Å². The van der Waals surface area contributed by atoms with Gasteiger partial charge < -0.3 is 9.42 Å². The van der Waals surface area contributed by atoms with Gasteiger partial charge >= 0.3 is 0 Å².